The summed E-state index contributed by atoms with van der Waals surface area (Å²) in [4.78, 5) is 29.7. The first kappa shape index (κ1) is 19.1. The standard InChI is InChI=1S/C17H23N3O2S.ClH/c1-19(14-7-8-18-10-14)17(22)12-9-16(21)20(11-12)13-3-5-15(23-2)6-4-13;/h3-6,12,14,18H,7-11H2,1-2H3;1H. The number of carbonyl (C=O) groups is 2. The van der Waals surface area contributed by atoms with Crippen molar-refractivity contribution in [2.24, 2.45) is 5.92 Å². The lowest BCUT2D eigenvalue weighted by Gasteiger charge is -2.26. The summed E-state index contributed by atoms with van der Waals surface area (Å²) in [7, 11) is 1.86. The Hall–Kier alpha value is -1.24. The molecule has 5 nitrogen and oxygen atoms in total. The van der Waals surface area contributed by atoms with Gasteiger partial charge >= 0.3 is 0 Å². The molecule has 132 valence electrons. The fourth-order valence-electron chi connectivity index (χ4n) is 3.32. The quantitative estimate of drug-likeness (QED) is 0.825. The van der Waals surface area contributed by atoms with E-state index in [2.05, 4.69) is 5.32 Å². The van der Waals surface area contributed by atoms with E-state index in [4.69, 9.17) is 0 Å². The SMILES string of the molecule is CSc1ccc(N2CC(C(=O)N(C)C3CCNC3)CC2=O)cc1.Cl. The van der Waals surface area contributed by atoms with E-state index in [1.54, 1.807) is 16.7 Å². The molecule has 1 aromatic carbocycles. The number of nitrogens with zero attached hydrogens (tertiary/aromatic N) is 2. The van der Waals surface area contributed by atoms with E-state index in [1.807, 2.05) is 42.5 Å². The summed E-state index contributed by atoms with van der Waals surface area (Å²) in [6, 6.07) is 8.20. The van der Waals surface area contributed by atoms with Gasteiger partial charge < -0.3 is 15.1 Å². The average molecular weight is 370 g/mol. The molecule has 0 aliphatic carbocycles. The number of hydrogen-bond acceptors (Lipinski definition) is 4. The number of likely N-dealkylation sites (N-methyl/N-ethyl adjacent to an activating group) is 1. The van der Waals surface area contributed by atoms with E-state index < -0.39 is 0 Å². The van der Waals surface area contributed by atoms with Crippen LogP contribution in [0, 0.1) is 5.92 Å². The van der Waals surface area contributed by atoms with Crippen molar-refractivity contribution in [3.63, 3.8) is 0 Å². The lowest BCUT2D eigenvalue weighted by molar-refractivity contribution is -0.136. The van der Waals surface area contributed by atoms with Crippen LogP contribution >= 0.6 is 24.2 Å². The van der Waals surface area contributed by atoms with Crippen molar-refractivity contribution in [2.45, 2.75) is 23.8 Å². The van der Waals surface area contributed by atoms with Gasteiger partial charge in [0.25, 0.3) is 0 Å². The molecular formula is C17H24ClN3O2S. The smallest absolute Gasteiger partial charge is 0.228 e. The van der Waals surface area contributed by atoms with Crippen molar-refractivity contribution in [1.82, 2.24) is 10.2 Å². The Labute approximate surface area is 153 Å². The summed E-state index contributed by atoms with van der Waals surface area (Å²) in [5.41, 5.74) is 0.883. The summed E-state index contributed by atoms with van der Waals surface area (Å²) in [5, 5.41) is 3.28. The summed E-state index contributed by atoms with van der Waals surface area (Å²) in [5.74, 6) is -0.0955. The minimum Gasteiger partial charge on any atom is -0.341 e. The molecule has 7 heteroatoms. The van der Waals surface area contributed by atoms with Crippen molar-refractivity contribution < 1.29 is 9.59 Å². The number of anilines is 1. The molecule has 0 aromatic heterocycles. The third-order valence-electron chi connectivity index (χ3n) is 4.79. The third kappa shape index (κ3) is 3.87. The largest absolute Gasteiger partial charge is 0.341 e. The molecule has 2 unspecified atom stereocenters. The molecule has 2 aliphatic heterocycles. The maximum Gasteiger partial charge on any atom is 0.228 e. The molecule has 2 aliphatic rings. The number of nitrogens with one attached hydrogen (secondary N) is 1. The Bertz CT molecular complexity index is 590. The zero-order valence-electron chi connectivity index (χ0n) is 14.0. The molecule has 3 rings (SSSR count). The molecule has 0 spiro atoms. The molecular weight excluding hydrogens is 346 g/mol. The Morgan fingerprint density at radius 2 is 2.04 bits per heavy atom. The Morgan fingerprint density at radius 1 is 1.33 bits per heavy atom. The first-order chi connectivity index (χ1) is 11.1. The van der Waals surface area contributed by atoms with Gasteiger partial charge in [-0.25, -0.2) is 0 Å². The number of amides is 2. The zero-order valence-corrected chi connectivity index (χ0v) is 15.7. The van der Waals surface area contributed by atoms with E-state index in [0.717, 1.165) is 25.2 Å². The first-order valence-corrected chi connectivity index (χ1v) is 9.24. The van der Waals surface area contributed by atoms with Crippen LogP contribution in [-0.4, -0.2) is 55.7 Å². The Balaban J connectivity index is 0.00000208. The molecule has 2 saturated heterocycles. The lowest BCUT2D eigenvalue weighted by atomic mass is 10.1. The maximum atomic E-state index is 12.7. The van der Waals surface area contributed by atoms with Gasteiger partial charge in [0.2, 0.25) is 11.8 Å². The van der Waals surface area contributed by atoms with Gasteiger partial charge in [0.1, 0.15) is 0 Å². The number of thioether (sulfide) groups is 1. The predicted molar refractivity (Wildman–Crippen MR) is 100.0 cm³/mol. The number of rotatable bonds is 4. The van der Waals surface area contributed by atoms with Crippen molar-refractivity contribution in [2.75, 3.05) is 37.8 Å². The lowest BCUT2D eigenvalue weighted by Crippen LogP contribution is -2.42. The highest BCUT2D eigenvalue weighted by molar-refractivity contribution is 7.98. The van der Waals surface area contributed by atoms with Gasteiger partial charge in [-0.1, -0.05) is 0 Å². The molecule has 1 aromatic rings. The molecule has 0 saturated carbocycles. The van der Waals surface area contributed by atoms with E-state index in [9.17, 15) is 9.59 Å². The Kier molecular flexibility index (Phi) is 6.54. The molecule has 2 atom stereocenters. The van der Waals surface area contributed by atoms with Crippen molar-refractivity contribution in [3.05, 3.63) is 24.3 Å². The van der Waals surface area contributed by atoms with Crippen LogP contribution in [0.2, 0.25) is 0 Å². The maximum absolute atomic E-state index is 12.7. The van der Waals surface area contributed by atoms with Gasteiger partial charge in [0.05, 0.1) is 5.92 Å². The normalized spacial score (nSPS) is 23.2. The van der Waals surface area contributed by atoms with E-state index in [0.29, 0.717) is 13.0 Å². The van der Waals surface area contributed by atoms with E-state index in [1.165, 1.54) is 4.90 Å². The summed E-state index contributed by atoms with van der Waals surface area (Å²) >= 11 is 1.67. The third-order valence-corrected chi connectivity index (χ3v) is 5.53. The molecule has 2 amide bonds. The number of halogens is 1. The highest BCUT2D eigenvalue weighted by atomic mass is 35.5. The van der Waals surface area contributed by atoms with Crippen molar-refractivity contribution in [3.8, 4) is 0 Å². The van der Waals surface area contributed by atoms with Gasteiger partial charge in [-0.3, -0.25) is 9.59 Å². The van der Waals surface area contributed by atoms with Gasteiger partial charge in [-0.15, -0.1) is 24.2 Å². The highest BCUT2D eigenvalue weighted by Crippen LogP contribution is 2.28. The number of benzene rings is 1. The van der Waals surface area contributed by atoms with Gasteiger partial charge in [0, 0.05) is 43.2 Å². The first-order valence-electron chi connectivity index (χ1n) is 8.02. The second kappa shape index (κ2) is 8.23. The van der Waals surface area contributed by atoms with Crippen LogP contribution in [0.1, 0.15) is 12.8 Å². The fourth-order valence-corrected chi connectivity index (χ4v) is 3.73. The minimum atomic E-state index is -0.228. The minimum absolute atomic E-state index is 0. The zero-order chi connectivity index (χ0) is 16.4. The molecule has 2 fully saturated rings. The van der Waals surface area contributed by atoms with Crippen LogP contribution in [0.25, 0.3) is 0 Å². The van der Waals surface area contributed by atoms with Gasteiger partial charge in [-0.2, -0.15) is 0 Å². The summed E-state index contributed by atoms with van der Waals surface area (Å²) in [6.45, 7) is 2.29. The van der Waals surface area contributed by atoms with E-state index >= 15 is 0 Å². The number of carbonyl (C=O) groups excluding carboxylic acids is 2. The highest BCUT2D eigenvalue weighted by Gasteiger charge is 2.38. The Morgan fingerprint density at radius 3 is 2.62 bits per heavy atom. The van der Waals surface area contributed by atoms with Crippen LogP contribution in [0.5, 0.6) is 0 Å². The second-order valence-electron chi connectivity index (χ2n) is 6.20. The number of hydrogen-bond donors (Lipinski definition) is 1. The average Bonchev–Trinajstić information content (AvgIpc) is 3.23. The summed E-state index contributed by atoms with van der Waals surface area (Å²) < 4.78 is 0. The van der Waals surface area contributed by atoms with Crippen LogP contribution in [0.15, 0.2) is 29.2 Å². The van der Waals surface area contributed by atoms with Crippen LogP contribution in [-0.2, 0) is 9.59 Å². The molecule has 0 radical (unpaired) electrons. The molecule has 1 N–H and O–H groups in total. The van der Waals surface area contributed by atoms with Crippen molar-refractivity contribution in [1.29, 1.82) is 0 Å². The fraction of sp³-hybridized carbons (Fsp3) is 0.529. The second-order valence-corrected chi connectivity index (χ2v) is 7.08. The van der Waals surface area contributed by atoms with Gasteiger partial charge in [-0.05, 0) is 43.5 Å². The topological polar surface area (TPSA) is 52.7 Å². The molecule has 24 heavy (non-hydrogen) atoms. The monoisotopic (exact) mass is 369 g/mol. The van der Waals surface area contributed by atoms with Crippen molar-refractivity contribution >= 4 is 41.7 Å². The van der Waals surface area contributed by atoms with Crippen LogP contribution < -0.4 is 10.2 Å². The molecule has 2 heterocycles. The van der Waals surface area contributed by atoms with E-state index in [-0.39, 0.29) is 36.2 Å². The van der Waals surface area contributed by atoms with Gasteiger partial charge in [0.15, 0.2) is 0 Å². The molecule has 0 bridgehead atoms. The van der Waals surface area contributed by atoms with Crippen LogP contribution in [0.3, 0.4) is 0 Å². The van der Waals surface area contributed by atoms with Crippen LogP contribution in [0.4, 0.5) is 5.69 Å². The summed E-state index contributed by atoms with van der Waals surface area (Å²) in [6.07, 6.45) is 3.33. The predicted octanol–water partition coefficient (Wildman–Crippen LogP) is 2.00.